The third kappa shape index (κ3) is 9.39. The number of nitrogens with one attached hydrogen (secondary N) is 2. The molecular formula is C27H38N4OS3. The minimum atomic E-state index is 0.0901. The summed E-state index contributed by atoms with van der Waals surface area (Å²) in [4.78, 5) is 26.6. The van der Waals surface area contributed by atoms with E-state index in [4.69, 9.17) is 4.98 Å². The second-order valence-electron chi connectivity index (χ2n) is 9.25. The van der Waals surface area contributed by atoms with E-state index in [0.29, 0.717) is 16.9 Å². The fourth-order valence-corrected chi connectivity index (χ4v) is 6.56. The normalized spacial score (nSPS) is 11.6. The molecule has 1 aromatic carbocycles. The van der Waals surface area contributed by atoms with Crippen molar-refractivity contribution in [3.8, 4) is 0 Å². The number of pyridine rings is 1. The topological polar surface area (TPSA) is 70.7 Å². The highest BCUT2D eigenvalue weighted by molar-refractivity contribution is 8.01. The van der Waals surface area contributed by atoms with E-state index in [0.717, 1.165) is 68.9 Å². The van der Waals surface area contributed by atoms with Crippen LogP contribution in [-0.4, -0.2) is 37.1 Å². The van der Waals surface area contributed by atoms with Crippen molar-refractivity contribution in [1.82, 2.24) is 15.0 Å². The van der Waals surface area contributed by atoms with Crippen molar-refractivity contribution in [2.75, 3.05) is 11.1 Å². The first-order valence-electron chi connectivity index (χ1n) is 12.5. The Labute approximate surface area is 222 Å². The maximum Gasteiger partial charge on any atom is 0.224 e. The summed E-state index contributed by atoms with van der Waals surface area (Å²) in [6, 6.07) is 10.2. The van der Waals surface area contributed by atoms with Crippen LogP contribution in [0.2, 0.25) is 0 Å². The van der Waals surface area contributed by atoms with Crippen LogP contribution in [0.5, 0.6) is 0 Å². The lowest BCUT2D eigenvalue weighted by Gasteiger charge is -2.18. The van der Waals surface area contributed by atoms with Gasteiger partial charge in [0, 0.05) is 33.3 Å². The van der Waals surface area contributed by atoms with Crippen molar-refractivity contribution in [3.05, 3.63) is 36.0 Å². The van der Waals surface area contributed by atoms with Crippen LogP contribution in [0.1, 0.15) is 71.9 Å². The van der Waals surface area contributed by atoms with Gasteiger partial charge in [0.2, 0.25) is 5.91 Å². The van der Waals surface area contributed by atoms with Crippen molar-refractivity contribution in [1.29, 1.82) is 0 Å². The number of benzene rings is 1. The summed E-state index contributed by atoms with van der Waals surface area (Å²) in [5, 5.41) is 5.97. The third-order valence-corrected chi connectivity index (χ3v) is 8.20. The van der Waals surface area contributed by atoms with Gasteiger partial charge < -0.3 is 10.3 Å². The maximum atomic E-state index is 12.8. The van der Waals surface area contributed by atoms with Crippen molar-refractivity contribution >= 4 is 57.9 Å². The number of carbonyl (C=O) groups is 1. The number of thioether (sulfide) groups is 3. The number of nitrogens with zero attached hydrogens (tertiary/aromatic N) is 2. The average molecular weight is 531 g/mol. The number of hydrogen-bond acceptors (Lipinski definition) is 6. The van der Waals surface area contributed by atoms with Gasteiger partial charge in [-0.2, -0.15) is 0 Å². The van der Waals surface area contributed by atoms with Crippen LogP contribution in [0.3, 0.4) is 0 Å². The predicted octanol–water partition coefficient (Wildman–Crippen LogP) is 8.34. The van der Waals surface area contributed by atoms with Crippen LogP contribution in [0.25, 0.3) is 11.0 Å². The number of aryl methyl sites for hydroxylation is 1. The minimum Gasteiger partial charge on any atom is -0.333 e. The number of aromatic amines is 1. The largest absolute Gasteiger partial charge is 0.333 e. The van der Waals surface area contributed by atoms with E-state index in [9.17, 15) is 4.79 Å². The molecule has 0 saturated heterocycles. The third-order valence-electron chi connectivity index (χ3n) is 5.21. The molecule has 190 valence electrons. The Morgan fingerprint density at radius 3 is 2.43 bits per heavy atom. The Morgan fingerprint density at radius 2 is 1.69 bits per heavy atom. The Morgan fingerprint density at radius 1 is 0.971 bits per heavy atom. The second kappa shape index (κ2) is 14.2. The zero-order valence-electron chi connectivity index (χ0n) is 21.5. The Bertz CT molecular complexity index is 1030. The summed E-state index contributed by atoms with van der Waals surface area (Å²) in [7, 11) is 0. The molecule has 0 aliphatic carbocycles. The first kappa shape index (κ1) is 27.9. The van der Waals surface area contributed by atoms with Gasteiger partial charge in [-0.3, -0.25) is 4.79 Å². The van der Waals surface area contributed by atoms with Crippen molar-refractivity contribution in [2.24, 2.45) is 0 Å². The number of fused-ring (bicyclic) bond motifs is 1. The van der Waals surface area contributed by atoms with Crippen LogP contribution in [0.4, 0.5) is 5.69 Å². The molecule has 0 spiro atoms. The van der Waals surface area contributed by atoms with E-state index in [1.165, 1.54) is 6.42 Å². The van der Waals surface area contributed by atoms with Crippen molar-refractivity contribution < 1.29 is 4.79 Å². The zero-order chi connectivity index (χ0) is 25.2. The molecule has 0 fully saturated rings. The Balaban J connectivity index is 1.38. The van der Waals surface area contributed by atoms with Gasteiger partial charge >= 0.3 is 0 Å². The molecule has 3 rings (SSSR count). The van der Waals surface area contributed by atoms with Gasteiger partial charge in [-0.1, -0.05) is 70.9 Å². The van der Waals surface area contributed by atoms with E-state index in [1.807, 2.05) is 25.1 Å². The molecule has 2 heterocycles. The highest BCUT2D eigenvalue weighted by atomic mass is 32.2. The first-order valence-corrected chi connectivity index (χ1v) is 15.3. The number of rotatable bonds is 14. The lowest BCUT2D eigenvalue weighted by Crippen LogP contribution is -2.14. The minimum absolute atomic E-state index is 0.0901. The quantitative estimate of drug-likeness (QED) is 0.161. The van der Waals surface area contributed by atoms with Crippen LogP contribution in [0, 0.1) is 6.92 Å². The molecule has 0 radical (unpaired) electrons. The van der Waals surface area contributed by atoms with Gasteiger partial charge in [0.05, 0.1) is 16.7 Å². The summed E-state index contributed by atoms with van der Waals surface area (Å²) >= 11 is 5.29. The van der Waals surface area contributed by atoms with E-state index < -0.39 is 0 Å². The summed E-state index contributed by atoms with van der Waals surface area (Å²) in [5.41, 5.74) is 4.01. The Hall–Kier alpha value is -1.64. The van der Waals surface area contributed by atoms with Crippen LogP contribution in [0.15, 0.2) is 45.4 Å². The molecule has 0 unspecified atom stereocenters. The average Bonchev–Trinajstić information content (AvgIpc) is 3.20. The molecule has 0 aliphatic rings. The van der Waals surface area contributed by atoms with Gasteiger partial charge in [0.1, 0.15) is 5.03 Å². The highest BCUT2D eigenvalue weighted by Crippen LogP contribution is 2.38. The molecule has 0 aliphatic heterocycles. The van der Waals surface area contributed by atoms with E-state index in [1.54, 1.807) is 35.3 Å². The molecule has 5 nitrogen and oxygen atoms in total. The van der Waals surface area contributed by atoms with Crippen molar-refractivity contribution in [2.45, 2.75) is 98.7 Å². The SMILES string of the molecule is Cc1cc(SC(C)C)c(NC(=O)CCCCCCCSc2nc3ccccc3[nH]2)c(SC(C)C)n1. The number of unbranched alkanes of at least 4 members (excludes halogenated alkanes) is 4. The van der Waals surface area contributed by atoms with Crippen LogP contribution >= 0.6 is 35.3 Å². The molecule has 35 heavy (non-hydrogen) atoms. The van der Waals surface area contributed by atoms with E-state index >= 15 is 0 Å². The van der Waals surface area contributed by atoms with E-state index in [-0.39, 0.29) is 5.91 Å². The number of imidazole rings is 1. The van der Waals surface area contributed by atoms with E-state index in [2.05, 4.69) is 55.1 Å². The Kier molecular flexibility index (Phi) is 11.3. The molecule has 0 atom stereocenters. The highest BCUT2D eigenvalue weighted by Gasteiger charge is 2.17. The second-order valence-corrected chi connectivity index (χ2v) is 13.5. The fraction of sp³-hybridized carbons (Fsp3) is 0.519. The number of H-pyrrole nitrogens is 1. The van der Waals surface area contributed by atoms with Crippen LogP contribution < -0.4 is 5.32 Å². The first-order chi connectivity index (χ1) is 16.8. The molecular weight excluding hydrogens is 493 g/mol. The number of anilines is 1. The van der Waals surface area contributed by atoms with Crippen LogP contribution in [-0.2, 0) is 4.79 Å². The van der Waals surface area contributed by atoms with Gasteiger partial charge in [0.25, 0.3) is 0 Å². The molecule has 8 heteroatoms. The number of amides is 1. The number of hydrogen-bond donors (Lipinski definition) is 2. The lowest BCUT2D eigenvalue weighted by atomic mass is 10.1. The smallest absolute Gasteiger partial charge is 0.224 e. The summed E-state index contributed by atoms with van der Waals surface area (Å²) in [5.74, 6) is 1.15. The number of para-hydroxylation sites is 2. The molecule has 1 amide bonds. The number of aromatic nitrogens is 3. The van der Waals surface area contributed by atoms with Gasteiger partial charge in [-0.05, 0) is 38.0 Å². The summed E-state index contributed by atoms with van der Waals surface area (Å²) in [6.07, 6.45) is 6.05. The number of carbonyl (C=O) groups excluding carboxylic acids is 1. The van der Waals surface area contributed by atoms with Gasteiger partial charge in [-0.15, -0.1) is 23.5 Å². The predicted molar refractivity (Wildman–Crippen MR) is 154 cm³/mol. The van der Waals surface area contributed by atoms with Gasteiger partial charge in [0.15, 0.2) is 5.16 Å². The fourth-order valence-electron chi connectivity index (χ4n) is 3.67. The molecule has 2 aromatic heterocycles. The van der Waals surface area contributed by atoms with Gasteiger partial charge in [-0.25, -0.2) is 9.97 Å². The molecule has 3 aromatic rings. The standard InChI is InChI=1S/C27H38N4OS3/c1-18(2)34-23-17-20(5)28-26(35-19(3)4)25(23)31-24(32)15-9-7-6-8-12-16-33-27-29-21-13-10-11-14-22(21)30-27/h10-11,13-14,17-19H,6-9,12,15-16H2,1-5H3,(H,29,30)(H,31,32). The summed E-state index contributed by atoms with van der Waals surface area (Å²) in [6.45, 7) is 10.7. The lowest BCUT2D eigenvalue weighted by molar-refractivity contribution is -0.116. The zero-order valence-corrected chi connectivity index (χ0v) is 24.0. The molecule has 0 saturated carbocycles. The molecule has 0 bridgehead atoms. The monoisotopic (exact) mass is 530 g/mol. The summed E-state index contributed by atoms with van der Waals surface area (Å²) < 4.78 is 0. The molecule has 2 N–H and O–H groups in total. The maximum absolute atomic E-state index is 12.8. The van der Waals surface area contributed by atoms with Crippen molar-refractivity contribution in [3.63, 3.8) is 0 Å².